The third-order valence-corrected chi connectivity index (χ3v) is 5.20. The number of amides is 2. The van der Waals surface area contributed by atoms with Crippen molar-refractivity contribution in [2.75, 3.05) is 25.5 Å². The van der Waals surface area contributed by atoms with Crippen LogP contribution in [-0.2, 0) is 11.3 Å². The van der Waals surface area contributed by atoms with E-state index in [9.17, 15) is 9.59 Å². The van der Waals surface area contributed by atoms with Gasteiger partial charge in [0.05, 0.1) is 0 Å². The predicted octanol–water partition coefficient (Wildman–Crippen LogP) is 3.93. The number of benzene rings is 2. The Morgan fingerprint density at radius 1 is 1.10 bits per heavy atom. The lowest BCUT2D eigenvalue weighted by molar-refractivity contribution is -0.111. The van der Waals surface area contributed by atoms with Gasteiger partial charge in [0.1, 0.15) is 0 Å². The molecule has 2 aromatic rings. The largest absolute Gasteiger partial charge is 0.355 e. The van der Waals surface area contributed by atoms with E-state index in [2.05, 4.69) is 34.6 Å². The number of nitrogens with zero attached hydrogens (tertiary/aromatic N) is 1. The summed E-state index contributed by atoms with van der Waals surface area (Å²) in [6.45, 7) is 5.60. The Hall–Kier alpha value is -2.92. The van der Waals surface area contributed by atoms with Crippen molar-refractivity contribution >= 4 is 23.6 Å². The van der Waals surface area contributed by atoms with Crippen molar-refractivity contribution in [1.29, 1.82) is 0 Å². The topological polar surface area (TPSA) is 61.4 Å². The molecule has 0 bridgehead atoms. The fourth-order valence-electron chi connectivity index (χ4n) is 3.63. The smallest absolute Gasteiger partial charge is 0.251 e. The van der Waals surface area contributed by atoms with Crippen LogP contribution >= 0.6 is 0 Å². The van der Waals surface area contributed by atoms with Gasteiger partial charge in [-0.15, -0.1) is 0 Å². The van der Waals surface area contributed by atoms with Gasteiger partial charge < -0.3 is 10.6 Å². The van der Waals surface area contributed by atoms with Crippen molar-refractivity contribution in [3.63, 3.8) is 0 Å². The molecule has 5 heteroatoms. The number of piperidine rings is 1. The summed E-state index contributed by atoms with van der Waals surface area (Å²) in [6.07, 6.45) is 5.83. The molecule has 2 amide bonds. The lowest BCUT2D eigenvalue weighted by Crippen LogP contribution is -2.33. The predicted molar refractivity (Wildman–Crippen MR) is 118 cm³/mol. The minimum Gasteiger partial charge on any atom is -0.355 e. The molecule has 1 unspecified atom stereocenters. The molecule has 0 aliphatic carbocycles. The third-order valence-electron chi connectivity index (χ3n) is 5.20. The lowest BCUT2D eigenvalue weighted by atomic mass is 10.00. The van der Waals surface area contributed by atoms with E-state index in [4.69, 9.17) is 0 Å². The van der Waals surface area contributed by atoms with Crippen LogP contribution < -0.4 is 10.6 Å². The SMILES string of the molecule is CNC(=O)c1ccc(/C=C/C(=O)Nc2ccc(CN3CCCC(C)C3)cc2)cc1. The van der Waals surface area contributed by atoms with Gasteiger partial charge in [0, 0.05) is 37.5 Å². The molecule has 1 saturated heterocycles. The molecule has 1 heterocycles. The number of rotatable bonds is 6. The highest BCUT2D eigenvalue weighted by molar-refractivity contribution is 6.02. The Morgan fingerprint density at radius 3 is 2.48 bits per heavy atom. The van der Waals surface area contributed by atoms with Gasteiger partial charge in [0.2, 0.25) is 5.91 Å². The molecule has 0 saturated carbocycles. The summed E-state index contributed by atoms with van der Waals surface area (Å²) >= 11 is 0. The second-order valence-electron chi connectivity index (χ2n) is 7.70. The summed E-state index contributed by atoms with van der Waals surface area (Å²) in [5.74, 6) is 0.462. The van der Waals surface area contributed by atoms with E-state index in [1.54, 1.807) is 25.3 Å². The molecule has 5 nitrogen and oxygen atoms in total. The van der Waals surface area contributed by atoms with Gasteiger partial charge in [-0.25, -0.2) is 0 Å². The zero-order valence-corrected chi connectivity index (χ0v) is 17.2. The summed E-state index contributed by atoms with van der Waals surface area (Å²) in [5, 5.41) is 5.47. The molecule has 3 rings (SSSR count). The summed E-state index contributed by atoms with van der Waals surface area (Å²) in [7, 11) is 1.60. The molecule has 29 heavy (non-hydrogen) atoms. The molecule has 2 aromatic carbocycles. The highest BCUT2D eigenvalue weighted by atomic mass is 16.2. The fraction of sp³-hybridized carbons (Fsp3) is 0.333. The van der Waals surface area contributed by atoms with Crippen molar-refractivity contribution in [3.05, 3.63) is 71.3 Å². The third kappa shape index (κ3) is 6.29. The van der Waals surface area contributed by atoms with Crippen LogP contribution in [0.15, 0.2) is 54.6 Å². The number of anilines is 1. The Balaban J connectivity index is 1.51. The normalized spacial score (nSPS) is 17.2. The van der Waals surface area contributed by atoms with Crippen LogP contribution in [-0.4, -0.2) is 36.9 Å². The van der Waals surface area contributed by atoms with E-state index in [0.717, 1.165) is 36.8 Å². The molecule has 0 radical (unpaired) electrons. The van der Waals surface area contributed by atoms with Gasteiger partial charge >= 0.3 is 0 Å². The quantitative estimate of drug-likeness (QED) is 0.734. The summed E-state index contributed by atoms with van der Waals surface area (Å²) in [6, 6.07) is 15.1. The van der Waals surface area contributed by atoms with E-state index in [1.165, 1.54) is 24.5 Å². The van der Waals surface area contributed by atoms with Crippen LogP contribution in [0.25, 0.3) is 6.08 Å². The zero-order chi connectivity index (χ0) is 20.6. The Labute approximate surface area is 172 Å². The van der Waals surface area contributed by atoms with Gasteiger partial charge in [0.25, 0.3) is 5.91 Å². The average molecular weight is 392 g/mol. The van der Waals surface area contributed by atoms with Crippen molar-refractivity contribution in [2.45, 2.75) is 26.3 Å². The summed E-state index contributed by atoms with van der Waals surface area (Å²) in [4.78, 5) is 26.2. The molecule has 2 N–H and O–H groups in total. The van der Waals surface area contributed by atoms with Crippen LogP contribution in [0.5, 0.6) is 0 Å². The maximum absolute atomic E-state index is 12.2. The van der Waals surface area contributed by atoms with Crippen LogP contribution in [0, 0.1) is 5.92 Å². The lowest BCUT2D eigenvalue weighted by Gasteiger charge is -2.30. The van der Waals surface area contributed by atoms with Crippen LogP contribution in [0.4, 0.5) is 5.69 Å². The summed E-state index contributed by atoms with van der Waals surface area (Å²) in [5.41, 5.74) is 3.50. The van der Waals surface area contributed by atoms with E-state index in [1.807, 2.05) is 24.3 Å². The highest BCUT2D eigenvalue weighted by Crippen LogP contribution is 2.19. The second-order valence-corrected chi connectivity index (χ2v) is 7.70. The Bertz CT molecular complexity index is 857. The highest BCUT2D eigenvalue weighted by Gasteiger charge is 2.16. The van der Waals surface area contributed by atoms with Crippen LogP contribution in [0.3, 0.4) is 0 Å². The van der Waals surface area contributed by atoms with E-state index < -0.39 is 0 Å². The van der Waals surface area contributed by atoms with Crippen LogP contribution in [0.1, 0.15) is 41.3 Å². The van der Waals surface area contributed by atoms with Gasteiger partial charge in [0.15, 0.2) is 0 Å². The van der Waals surface area contributed by atoms with Crippen molar-refractivity contribution in [3.8, 4) is 0 Å². The number of hydrogen-bond donors (Lipinski definition) is 2. The first-order chi connectivity index (χ1) is 14.0. The molecular weight excluding hydrogens is 362 g/mol. The molecule has 152 valence electrons. The number of carbonyl (C=O) groups excluding carboxylic acids is 2. The summed E-state index contributed by atoms with van der Waals surface area (Å²) < 4.78 is 0. The Kier molecular flexibility index (Phi) is 7.19. The number of nitrogens with one attached hydrogen (secondary N) is 2. The number of hydrogen-bond acceptors (Lipinski definition) is 3. The van der Waals surface area contributed by atoms with Gasteiger partial charge in [-0.2, -0.15) is 0 Å². The van der Waals surface area contributed by atoms with E-state index in [0.29, 0.717) is 5.56 Å². The minimum atomic E-state index is -0.182. The van der Waals surface area contributed by atoms with E-state index in [-0.39, 0.29) is 11.8 Å². The maximum atomic E-state index is 12.2. The molecule has 0 spiro atoms. The van der Waals surface area contributed by atoms with Crippen LogP contribution in [0.2, 0.25) is 0 Å². The number of likely N-dealkylation sites (tertiary alicyclic amines) is 1. The molecule has 1 aliphatic rings. The maximum Gasteiger partial charge on any atom is 0.251 e. The molecule has 1 fully saturated rings. The van der Waals surface area contributed by atoms with Gasteiger partial charge in [-0.3, -0.25) is 14.5 Å². The van der Waals surface area contributed by atoms with Crippen molar-refractivity contribution in [2.24, 2.45) is 5.92 Å². The average Bonchev–Trinajstić information content (AvgIpc) is 2.73. The second kappa shape index (κ2) is 10.0. The zero-order valence-electron chi connectivity index (χ0n) is 17.2. The van der Waals surface area contributed by atoms with Gasteiger partial charge in [-0.1, -0.05) is 31.2 Å². The van der Waals surface area contributed by atoms with Crippen molar-refractivity contribution < 1.29 is 9.59 Å². The molecule has 0 aromatic heterocycles. The first kappa shape index (κ1) is 20.8. The minimum absolute atomic E-state index is 0.128. The molecule has 1 aliphatic heterocycles. The molecular formula is C24H29N3O2. The monoisotopic (exact) mass is 391 g/mol. The van der Waals surface area contributed by atoms with Crippen molar-refractivity contribution in [1.82, 2.24) is 10.2 Å². The Morgan fingerprint density at radius 2 is 1.83 bits per heavy atom. The molecule has 1 atom stereocenters. The first-order valence-corrected chi connectivity index (χ1v) is 10.2. The standard InChI is InChI=1S/C24H29N3O2/c1-18-4-3-15-27(16-18)17-20-7-12-22(13-8-20)26-23(28)14-9-19-5-10-21(11-6-19)24(29)25-2/h5-14,18H,3-4,15-17H2,1-2H3,(H,25,29)(H,26,28)/b14-9+. The van der Waals surface area contributed by atoms with E-state index >= 15 is 0 Å². The first-order valence-electron chi connectivity index (χ1n) is 10.2. The van der Waals surface area contributed by atoms with Gasteiger partial charge in [-0.05, 0) is 66.8 Å². The fourth-order valence-corrected chi connectivity index (χ4v) is 3.63. The number of carbonyl (C=O) groups is 2.